The number of hydrogen-bond donors (Lipinski definition) is 0. The Morgan fingerprint density at radius 1 is 1.37 bits per heavy atom. The van der Waals surface area contributed by atoms with Crippen molar-refractivity contribution in [3.8, 4) is 5.95 Å². The van der Waals surface area contributed by atoms with Crippen LogP contribution >= 0.6 is 11.6 Å². The summed E-state index contributed by atoms with van der Waals surface area (Å²) in [6.07, 6.45) is 5.09. The van der Waals surface area contributed by atoms with E-state index in [1.165, 1.54) is 17.3 Å². The highest BCUT2D eigenvalue weighted by Gasteiger charge is 2.15. The van der Waals surface area contributed by atoms with Crippen LogP contribution in [0.2, 0.25) is 5.28 Å². The largest absolute Gasteiger partial charge is 0.341 e. The number of aromatic nitrogens is 6. The summed E-state index contributed by atoms with van der Waals surface area (Å²) < 4.78 is 1.45. The van der Waals surface area contributed by atoms with Crippen molar-refractivity contribution in [3.05, 3.63) is 17.9 Å². The average Bonchev–Trinajstić information content (AvgIpc) is 2.91. The second kappa shape index (κ2) is 5.92. The quantitative estimate of drug-likeness (QED) is 0.831. The first-order valence-electron chi connectivity index (χ1n) is 6.11. The van der Waals surface area contributed by atoms with Crippen LogP contribution in [-0.4, -0.2) is 42.8 Å². The summed E-state index contributed by atoms with van der Waals surface area (Å²) in [4.78, 5) is 18.4. The van der Waals surface area contributed by atoms with Crippen molar-refractivity contribution < 1.29 is 0 Å². The Balaban J connectivity index is 2.31. The van der Waals surface area contributed by atoms with Gasteiger partial charge in [0.05, 0.1) is 0 Å². The third kappa shape index (κ3) is 3.17. The van der Waals surface area contributed by atoms with Crippen LogP contribution < -0.4 is 4.90 Å². The van der Waals surface area contributed by atoms with Gasteiger partial charge in [0, 0.05) is 13.1 Å². The Labute approximate surface area is 116 Å². The van der Waals surface area contributed by atoms with Gasteiger partial charge in [-0.1, -0.05) is 13.3 Å². The molecule has 0 aromatic carbocycles. The van der Waals surface area contributed by atoms with Gasteiger partial charge in [-0.2, -0.15) is 24.7 Å². The second-order valence-electron chi connectivity index (χ2n) is 4.29. The minimum absolute atomic E-state index is 0.144. The molecule has 1 unspecified atom stereocenters. The van der Waals surface area contributed by atoms with Gasteiger partial charge in [0.1, 0.15) is 12.7 Å². The van der Waals surface area contributed by atoms with Gasteiger partial charge in [-0.15, -0.1) is 0 Å². The Morgan fingerprint density at radius 2 is 2.16 bits per heavy atom. The Kier molecular flexibility index (Phi) is 4.26. The van der Waals surface area contributed by atoms with E-state index in [0.29, 0.717) is 17.9 Å². The molecule has 0 N–H and O–H groups in total. The molecular weight excluding hydrogens is 266 g/mol. The van der Waals surface area contributed by atoms with E-state index in [0.717, 1.165) is 12.8 Å². The summed E-state index contributed by atoms with van der Waals surface area (Å²) in [5.74, 6) is 0.898. The van der Waals surface area contributed by atoms with E-state index < -0.39 is 0 Å². The highest BCUT2D eigenvalue weighted by atomic mass is 35.5. The lowest BCUT2D eigenvalue weighted by molar-refractivity contribution is 0.602. The standard InChI is InChI=1S/C11H16ClN7/c1-4-5-8(2)18(3)10-15-9(12)16-11(17-10)19-7-13-6-14-19/h6-8H,4-5H2,1-3H3. The number of hydrogen-bond acceptors (Lipinski definition) is 6. The number of halogens is 1. The van der Waals surface area contributed by atoms with Crippen molar-refractivity contribution in [1.82, 2.24) is 29.7 Å². The zero-order valence-electron chi connectivity index (χ0n) is 11.2. The minimum atomic E-state index is 0.144. The first-order valence-corrected chi connectivity index (χ1v) is 6.49. The molecule has 0 aliphatic rings. The lowest BCUT2D eigenvalue weighted by Gasteiger charge is -2.24. The first kappa shape index (κ1) is 13.7. The molecule has 2 aromatic rings. The van der Waals surface area contributed by atoms with Gasteiger partial charge in [0.25, 0.3) is 5.95 Å². The topological polar surface area (TPSA) is 72.6 Å². The molecule has 8 heteroatoms. The van der Waals surface area contributed by atoms with Crippen LogP contribution in [0.15, 0.2) is 12.7 Å². The first-order chi connectivity index (χ1) is 9.11. The molecule has 0 radical (unpaired) electrons. The van der Waals surface area contributed by atoms with E-state index in [9.17, 15) is 0 Å². The summed E-state index contributed by atoms with van der Waals surface area (Å²) in [7, 11) is 1.94. The maximum atomic E-state index is 5.94. The van der Waals surface area contributed by atoms with Crippen molar-refractivity contribution >= 4 is 17.5 Å². The molecule has 19 heavy (non-hydrogen) atoms. The highest BCUT2D eigenvalue weighted by molar-refractivity contribution is 6.28. The maximum Gasteiger partial charge on any atom is 0.258 e. The van der Waals surface area contributed by atoms with E-state index in [1.54, 1.807) is 0 Å². The van der Waals surface area contributed by atoms with E-state index in [4.69, 9.17) is 11.6 Å². The van der Waals surface area contributed by atoms with E-state index >= 15 is 0 Å². The summed E-state index contributed by atoms with van der Waals surface area (Å²) in [6, 6.07) is 0.326. The third-order valence-electron chi connectivity index (χ3n) is 2.89. The lowest BCUT2D eigenvalue weighted by atomic mass is 10.2. The van der Waals surface area contributed by atoms with Crippen molar-refractivity contribution in [2.24, 2.45) is 0 Å². The Hall–Kier alpha value is -1.76. The van der Waals surface area contributed by atoms with Gasteiger partial charge in [-0.25, -0.2) is 4.98 Å². The van der Waals surface area contributed by atoms with Crippen molar-refractivity contribution in [3.63, 3.8) is 0 Å². The minimum Gasteiger partial charge on any atom is -0.341 e. The predicted molar refractivity (Wildman–Crippen MR) is 72.5 cm³/mol. The molecule has 7 nitrogen and oxygen atoms in total. The molecule has 2 rings (SSSR count). The molecule has 0 spiro atoms. The van der Waals surface area contributed by atoms with Crippen molar-refractivity contribution in [2.75, 3.05) is 11.9 Å². The fourth-order valence-electron chi connectivity index (χ4n) is 1.71. The molecule has 0 bridgehead atoms. The average molecular weight is 282 g/mol. The van der Waals surface area contributed by atoms with Gasteiger partial charge in [0.15, 0.2) is 0 Å². The maximum absolute atomic E-state index is 5.94. The SMILES string of the molecule is CCCC(C)N(C)c1nc(Cl)nc(-n2cncn2)n1. The normalized spacial score (nSPS) is 12.4. The van der Waals surface area contributed by atoms with Gasteiger partial charge in [-0.3, -0.25) is 0 Å². The molecule has 2 aromatic heterocycles. The lowest BCUT2D eigenvalue weighted by Crippen LogP contribution is -2.30. The summed E-state index contributed by atoms with van der Waals surface area (Å²) >= 11 is 5.94. The van der Waals surface area contributed by atoms with Gasteiger partial charge < -0.3 is 4.90 Å². The summed E-state index contributed by atoms with van der Waals surface area (Å²) in [5, 5.41) is 4.13. The van der Waals surface area contributed by atoms with Crippen LogP contribution in [0, 0.1) is 0 Å². The summed E-state index contributed by atoms with van der Waals surface area (Å²) in [5.41, 5.74) is 0. The zero-order chi connectivity index (χ0) is 13.8. The van der Waals surface area contributed by atoms with Crippen LogP contribution in [-0.2, 0) is 0 Å². The molecule has 2 heterocycles. The van der Waals surface area contributed by atoms with Crippen LogP contribution in [0.4, 0.5) is 5.95 Å². The fourth-order valence-corrected chi connectivity index (χ4v) is 1.86. The molecule has 102 valence electrons. The molecule has 0 saturated heterocycles. The van der Waals surface area contributed by atoms with Crippen LogP contribution in [0.1, 0.15) is 26.7 Å². The summed E-state index contributed by atoms with van der Waals surface area (Å²) in [6.45, 7) is 4.27. The molecule has 0 fully saturated rings. The Bertz CT molecular complexity index is 528. The fraction of sp³-hybridized carbons (Fsp3) is 0.545. The van der Waals surface area contributed by atoms with Gasteiger partial charge in [0.2, 0.25) is 11.2 Å². The van der Waals surface area contributed by atoms with Crippen LogP contribution in [0.3, 0.4) is 0 Å². The third-order valence-corrected chi connectivity index (χ3v) is 3.06. The second-order valence-corrected chi connectivity index (χ2v) is 4.63. The number of anilines is 1. The molecular formula is C11H16ClN7. The van der Waals surface area contributed by atoms with Gasteiger partial charge in [-0.05, 0) is 24.9 Å². The van der Waals surface area contributed by atoms with Crippen molar-refractivity contribution in [1.29, 1.82) is 0 Å². The van der Waals surface area contributed by atoms with Crippen LogP contribution in [0.25, 0.3) is 5.95 Å². The molecule has 0 amide bonds. The predicted octanol–water partition coefficient (Wildman–Crippen LogP) is 1.73. The molecule has 0 saturated carbocycles. The molecule has 1 atom stereocenters. The zero-order valence-corrected chi connectivity index (χ0v) is 11.9. The van der Waals surface area contributed by atoms with Crippen molar-refractivity contribution in [2.45, 2.75) is 32.7 Å². The highest BCUT2D eigenvalue weighted by Crippen LogP contribution is 2.15. The van der Waals surface area contributed by atoms with E-state index in [1.807, 2.05) is 11.9 Å². The molecule has 0 aliphatic carbocycles. The van der Waals surface area contributed by atoms with E-state index in [2.05, 4.69) is 38.9 Å². The van der Waals surface area contributed by atoms with E-state index in [-0.39, 0.29) is 5.28 Å². The van der Waals surface area contributed by atoms with Gasteiger partial charge >= 0.3 is 0 Å². The monoisotopic (exact) mass is 281 g/mol. The Morgan fingerprint density at radius 3 is 2.79 bits per heavy atom. The molecule has 0 aliphatic heterocycles. The number of rotatable bonds is 5. The van der Waals surface area contributed by atoms with Crippen LogP contribution in [0.5, 0.6) is 0 Å². The number of nitrogens with zero attached hydrogens (tertiary/aromatic N) is 7. The smallest absolute Gasteiger partial charge is 0.258 e.